The van der Waals surface area contributed by atoms with Crippen molar-refractivity contribution in [2.45, 2.75) is 110 Å². The highest BCUT2D eigenvalue weighted by atomic mass is 16.3. The van der Waals surface area contributed by atoms with Crippen molar-refractivity contribution in [1.29, 1.82) is 0 Å². The van der Waals surface area contributed by atoms with Crippen LogP contribution in [0.5, 0.6) is 0 Å². The van der Waals surface area contributed by atoms with Crippen molar-refractivity contribution >= 4 is 0 Å². The Labute approximate surface area is 179 Å². The normalized spacial score (nSPS) is 37.2. The van der Waals surface area contributed by atoms with Gasteiger partial charge in [0, 0.05) is 0 Å². The molecule has 0 bridgehead atoms. The van der Waals surface area contributed by atoms with Gasteiger partial charge in [-0.25, -0.2) is 0 Å². The molecule has 0 aromatic rings. The summed E-state index contributed by atoms with van der Waals surface area (Å²) in [6, 6.07) is 0. The molecule has 0 radical (unpaired) electrons. The van der Waals surface area contributed by atoms with E-state index in [1.165, 1.54) is 49.7 Å². The van der Waals surface area contributed by atoms with Crippen LogP contribution in [0.2, 0.25) is 0 Å². The second-order valence-corrected chi connectivity index (χ2v) is 11.2. The van der Waals surface area contributed by atoms with E-state index in [-0.39, 0.29) is 6.10 Å². The lowest BCUT2D eigenvalue weighted by Crippen LogP contribution is -2.36. The monoisotopic (exact) mass is 400 g/mol. The lowest BCUT2D eigenvalue weighted by molar-refractivity contribution is 0.0596. The van der Waals surface area contributed by atoms with Gasteiger partial charge in [0.15, 0.2) is 0 Å². The molecule has 3 aliphatic rings. The maximum atomic E-state index is 10.0. The standard InChI is InChI=1S/C27H44O2/c1-19-10-13-23(28)18-22(19)12-11-21-9-7-17-27(5)24(14-15-25(21)27)20(2)8-6-16-26(3,4)29/h11-12,20,23-25,28-29H,1,6-10,13-18H2,2-5H3/b21-11+,22-12?/t20-,23+,24-,25-,27-/m1/s1. The van der Waals surface area contributed by atoms with Crippen molar-refractivity contribution in [3.8, 4) is 0 Å². The Morgan fingerprint density at radius 1 is 1.21 bits per heavy atom. The van der Waals surface area contributed by atoms with Crippen molar-refractivity contribution in [1.82, 2.24) is 0 Å². The first-order valence-corrected chi connectivity index (χ1v) is 12.1. The number of hydrogen-bond donors (Lipinski definition) is 2. The maximum absolute atomic E-state index is 10.0. The van der Waals surface area contributed by atoms with Gasteiger partial charge in [-0.15, -0.1) is 0 Å². The summed E-state index contributed by atoms with van der Waals surface area (Å²) in [6.07, 6.45) is 16.9. The zero-order chi connectivity index (χ0) is 21.2. The molecule has 29 heavy (non-hydrogen) atoms. The minimum atomic E-state index is -0.535. The fourth-order valence-electron chi connectivity index (χ4n) is 6.67. The molecule has 5 atom stereocenters. The Bertz CT molecular complexity index is 650. The largest absolute Gasteiger partial charge is 0.393 e. The topological polar surface area (TPSA) is 40.5 Å². The van der Waals surface area contributed by atoms with Crippen LogP contribution in [-0.4, -0.2) is 21.9 Å². The van der Waals surface area contributed by atoms with Crippen molar-refractivity contribution in [3.05, 3.63) is 35.5 Å². The van der Waals surface area contributed by atoms with Crippen molar-refractivity contribution in [2.24, 2.45) is 23.2 Å². The highest BCUT2D eigenvalue weighted by Crippen LogP contribution is 2.60. The molecule has 0 aromatic carbocycles. The predicted octanol–water partition coefficient (Wildman–Crippen LogP) is 6.73. The van der Waals surface area contributed by atoms with Crippen LogP contribution in [0.4, 0.5) is 0 Å². The maximum Gasteiger partial charge on any atom is 0.0591 e. The first-order valence-electron chi connectivity index (χ1n) is 12.1. The van der Waals surface area contributed by atoms with Gasteiger partial charge >= 0.3 is 0 Å². The third kappa shape index (κ3) is 5.44. The Kier molecular flexibility index (Phi) is 7.16. The molecule has 0 saturated heterocycles. The smallest absolute Gasteiger partial charge is 0.0591 e. The molecule has 0 aliphatic heterocycles. The number of rotatable bonds is 6. The summed E-state index contributed by atoms with van der Waals surface area (Å²) < 4.78 is 0. The molecule has 2 heteroatoms. The fraction of sp³-hybridized carbons (Fsp3) is 0.778. The van der Waals surface area contributed by atoms with Gasteiger partial charge in [-0.3, -0.25) is 0 Å². The molecule has 0 unspecified atom stereocenters. The fourth-order valence-corrected chi connectivity index (χ4v) is 6.67. The minimum Gasteiger partial charge on any atom is -0.393 e. The number of aliphatic hydroxyl groups excluding tert-OH is 1. The predicted molar refractivity (Wildman–Crippen MR) is 123 cm³/mol. The number of hydrogen-bond acceptors (Lipinski definition) is 2. The Morgan fingerprint density at radius 2 is 1.97 bits per heavy atom. The zero-order valence-corrected chi connectivity index (χ0v) is 19.3. The quantitative estimate of drug-likeness (QED) is 0.518. The molecule has 3 saturated carbocycles. The third-order valence-corrected chi connectivity index (χ3v) is 8.36. The van der Waals surface area contributed by atoms with Crippen molar-refractivity contribution < 1.29 is 10.2 Å². The zero-order valence-electron chi connectivity index (χ0n) is 19.3. The molecular formula is C27H44O2. The summed E-state index contributed by atoms with van der Waals surface area (Å²) >= 11 is 0. The summed E-state index contributed by atoms with van der Waals surface area (Å²) in [5, 5.41) is 20.1. The SMILES string of the molecule is C=C1CC[C@H](O)CC1=C/C=C1\CCC[C@@]2(C)[C@@H]1CC[C@@H]2[C@H](C)CCCC(C)(C)O. The highest BCUT2D eigenvalue weighted by Gasteiger charge is 2.50. The lowest BCUT2D eigenvalue weighted by Gasteiger charge is -2.44. The summed E-state index contributed by atoms with van der Waals surface area (Å²) in [7, 11) is 0. The van der Waals surface area contributed by atoms with E-state index in [9.17, 15) is 10.2 Å². The van der Waals surface area contributed by atoms with E-state index < -0.39 is 5.60 Å². The van der Waals surface area contributed by atoms with Gasteiger partial charge in [0.2, 0.25) is 0 Å². The number of aliphatic hydroxyl groups is 2. The van der Waals surface area contributed by atoms with E-state index >= 15 is 0 Å². The second-order valence-electron chi connectivity index (χ2n) is 11.2. The Hall–Kier alpha value is -0.860. The minimum absolute atomic E-state index is 0.192. The van der Waals surface area contributed by atoms with E-state index in [0.717, 1.165) is 49.9 Å². The summed E-state index contributed by atoms with van der Waals surface area (Å²) in [5.74, 6) is 2.26. The molecule has 0 amide bonds. The highest BCUT2D eigenvalue weighted by molar-refractivity contribution is 5.36. The Morgan fingerprint density at radius 3 is 2.69 bits per heavy atom. The first kappa shape index (κ1) is 22.8. The van der Waals surface area contributed by atoms with Gasteiger partial charge in [0.1, 0.15) is 0 Å². The second kappa shape index (κ2) is 9.10. The molecule has 0 heterocycles. The van der Waals surface area contributed by atoms with Crippen LogP contribution in [0.1, 0.15) is 98.3 Å². The van der Waals surface area contributed by atoms with Crippen LogP contribution in [0.3, 0.4) is 0 Å². The molecule has 0 spiro atoms. The third-order valence-electron chi connectivity index (χ3n) is 8.36. The Balaban J connectivity index is 1.68. The average molecular weight is 401 g/mol. The molecule has 2 nitrogen and oxygen atoms in total. The van der Waals surface area contributed by atoms with Gasteiger partial charge in [-0.05, 0) is 100 Å². The van der Waals surface area contributed by atoms with Crippen molar-refractivity contribution in [3.63, 3.8) is 0 Å². The van der Waals surface area contributed by atoms with Gasteiger partial charge in [-0.1, -0.05) is 56.6 Å². The van der Waals surface area contributed by atoms with Crippen LogP contribution in [0.25, 0.3) is 0 Å². The first-order chi connectivity index (χ1) is 13.6. The summed E-state index contributed by atoms with van der Waals surface area (Å²) in [6.45, 7) is 13.1. The molecule has 0 aromatic heterocycles. The van der Waals surface area contributed by atoms with Crippen molar-refractivity contribution in [2.75, 3.05) is 0 Å². The summed E-state index contributed by atoms with van der Waals surface area (Å²) in [4.78, 5) is 0. The van der Waals surface area contributed by atoms with E-state index in [0.29, 0.717) is 5.41 Å². The molecule has 3 fully saturated rings. The number of allylic oxidation sites excluding steroid dienone is 4. The van der Waals surface area contributed by atoms with Crippen LogP contribution in [-0.2, 0) is 0 Å². The molecule has 164 valence electrons. The van der Waals surface area contributed by atoms with Gasteiger partial charge in [0.05, 0.1) is 11.7 Å². The van der Waals surface area contributed by atoms with E-state index in [2.05, 4.69) is 32.6 Å². The van der Waals surface area contributed by atoms with E-state index in [4.69, 9.17) is 0 Å². The van der Waals surface area contributed by atoms with Crippen LogP contribution in [0.15, 0.2) is 35.5 Å². The average Bonchev–Trinajstić information content (AvgIpc) is 2.99. The van der Waals surface area contributed by atoms with Crippen LogP contribution < -0.4 is 0 Å². The van der Waals surface area contributed by atoms with Crippen LogP contribution in [0, 0.1) is 23.2 Å². The summed E-state index contributed by atoms with van der Waals surface area (Å²) in [5.41, 5.74) is 4.02. The van der Waals surface area contributed by atoms with E-state index in [1.54, 1.807) is 5.57 Å². The molecule has 3 aliphatic carbocycles. The van der Waals surface area contributed by atoms with E-state index in [1.807, 2.05) is 13.8 Å². The molecule has 2 N–H and O–H groups in total. The van der Waals surface area contributed by atoms with Gasteiger partial charge < -0.3 is 10.2 Å². The van der Waals surface area contributed by atoms with Gasteiger partial charge in [0.25, 0.3) is 0 Å². The number of fused-ring (bicyclic) bond motifs is 1. The van der Waals surface area contributed by atoms with Gasteiger partial charge in [-0.2, -0.15) is 0 Å². The van der Waals surface area contributed by atoms with Crippen LogP contribution >= 0.6 is 0 Å². The molecular weight excluding hydrogens is 356 g/mol. The lowest BCUT2D eigenvalue weighted by atomic mass is 9.60. The molecule has 3 rings (SSSR count).